The molecule has 3 N–H and O–H groups in total. The summed E-state index contributed by atoms with van der Waals surface area (Å²) in [5.41, 5.74) is 8.59. The summed E-state index contributed by atoms with van der Waals surface area (Å²) in [7, 11) is 0. The number of ether oxygens (including phenoxy) is 1. The third-order valence-corrected chi connectivity index (χ3v) is 9.83. The third-order valence-electron chi connectivity index (χ3n) is 9.83. The predicted octanol–water partition coefficient (Wildman–Crippen LogP) is 7.22. The van der Waals surface area contributed by atoms with Crippen LogP contribution in [0.2, 0.25) is 0 Å². The van der Waals surface area contributed by atoms with Crippen molar-refractivity contribution in [2.75, 3.05) is 36.9 Å². The number of carbonyl (C=O) groups excluding carboxylic acids is 1. The molecule has 0 unspecified atom stereocenters. The number of likely N-dealkylation sites (tertiary alicyclic amines) is 1. The van der Waals surface area contributed by atoms with Crippen LogP contribution < -0.4 is 15.4 Å². The van der Waals surface area contributed by atoms with Gasteiger partial charge in [0.25, 0.3) is 0 Å². The number of anilines is 2. The maximum Gasteiger partial charge on any atom is 0.227 e. The molecule has 250 valence electrons. The number of pyridine rings is 3. The van der Waals surface area contributed by atoms with Gasteiger partial charge < -0.3 is 15.4 Å². The molecule has 8 rings (SSSR count). The fourth-order valence-electron chi connectivity index (χ4n) is 7.23. The Bertz CT molecular complexity index is 2030. The molecular weight excluding hydrogens is 619 g/mol. The van der Waals surface area contributed by atoms with Crippen molar-refractivity contribution in [1.29, 1.82) is 0 Å². The first-order chi connectivity index (χ1) is 24.1. The van der Waals surface area contributed by atoms with Gasteiger partial charge in [-0.1, -0.05) is 25.3 Å². The van der Waals surface area contributed by atoms with E-state index in [0.29, 0.717) is 35.7 Å². The maximum atomic E-state index is 14.8. The Morgan fingerprint density at radius 1 is 0.959 bits per heavy atom. The van der Waals surface area contributed by atoms with Gasteiger partial charge in [0.05, 0.1) is 40.7 Å². The number of hydrogen-bond donors (Lipinski definition) is 3. The molecule has 5 aromatic rings. The molecule has 1 amide bonds. The SMILES string of the molecule is O=C(Nc1cncc(-c2ccc3[nH]nc(C4=CCc5c(cncc5-c5cc(F)cc(OCCN6CCCC6)c5)N4)c3n2)c1)C1CCCCC1. The van der Waals surface area contributed by atoms with Crippen molar-refractivity contribution in [2.24, 2.45) is 5.92 Å². The van der Waals surface area contributed by atoms with Gasteiger partial charge in [0, 0.05) is 42.0 Å². The van der Waals surface area contributed by atoms with Gasteiger partial charge in [0.15, 0.2) is 0 Å². The van der Waals surface area contributed by atoms with E-state index in [-0.39, 0.29) is 17.6 Å². The number of hydrogen-bond acceptors (Lipinski definition) is 8. The van der Waals surface area contributed by atoms with Crippen molar-refractivity contribution in [3.8, 4) is 28.1 Å². The topological polar surface area (TPSA) is 121 Å². The minimum atomic E-state index is -0.344. The monoisotopic (exact) mass is 658 g/mol. The number of aromatic amines is 1. The molecule has 0 atom stereocenters. The number of rotatable bonds is 9. The van der Waals surface area contributed by atoms with Crippen molar-refractivity contribution in [3.63, 3.8) is 0 Å². The van der Waals surface area contributed by atoms with Crippen molar-refractivity contribution in [1.82, 2.24) is 30.0 Å². The summed E-state index contributed by atoms with van der Waals surface area (Å²) in [5.74, 6) is 0.293. The van der Waals surface area contributed by atoms with Crippen LogP contribution >= 0.6 is 0 Å². The molecule has 1 saturated carbocycles. The molecule has 11 heteroatoms. The number of carbonyl (C=O) groups is 1. The molecule has 6 heterocycles. The Morgan fingerprint density at radius 2 is 1.82 bits per heavy atom. The summed E-state index contributed by atoms with van der Waals surface area (Å²) in [6, 6.07) is 10.7. The van der Waals surface area contributed by atoms with Crippen LogP contribution in [0.5, 0.6) is 5.75 Å². The molecule has 2 fully saturated rings. The van der Waals surface area contributed by atoms with Crippen LogP contribution in [0.4, 0.5) is 15.8 Å². The van der Waals surface area contributed by atoms with Crippen LogP contribution in [-0.4, -0.2) is 62.2 Å². The highest BCUT2D eigenvalue weighted by molar-refractivity contribution is 5.95. The summed E-state index contributed by atoms with van der Waals surface area (Å²) in [4.78, 5) is 29.1. The van der Waals surface area contributed by atoms with Crippen molar-refractivity contribution >= 4 is 34.0 Å². The van der Waals surface area contributed by atoms with Gasteiger partial charge in [-0.25, -0.2) is 9.37 Å². The lowest BCUT2D eigenvalue weighted by atomic mass is 9.88. The lowest BCUT2D eigenvalue weighted by Crippen LogP contribution is -2.25. The van der Waals surface area contributed by atoms with E-state index in [2.05, 4.69) is 41.8 Å². The van der Waals surface area contributed by atoms with E-state index in [4.69, 9.17) is 9.72 Å². The van der Waals surface area contributed by atoms with Crippen molar-refractivity contribution < 1.29 is 13.9 Å². The van der Waals surface area contributed by atoms with Crippen LogP contribution in [0.25, 0.3) is 39.1 Å². The second-order valence-corrected chi connectivity index (χ2v) is 13.2. The Hall–Kier alpha value is -5.16. The summed E-state index contributed by atoms with van der Waals surface area (Å²) < 4.78 is 20.8. The highest BCUT2D eigenvalue weighted by Crippen LogP contribution is 2.37. The molecule has 4 aromatic heterocycles. The summed E-state index contributed by atoms with van der Waals surface area (Å²) in [6.45, 7) is 3.56. The third kappa shape index (κ3) is 6.76. The molecular formula is C38H39FN8O2. The zero-order chi connectivity index (χ0) is 33.2. The highest BCUT2D eigenvalue weighted by atomic mass is 19.1. The number of nitrogens with zero attached hydrogens (tertiary/aromatic N) is 5. The summed E-state index contributed by atoms with van der Waals surface area (Å²) >= 11 is 0. The molecule has 10 nitrogen and oxygen atoms in total. The van der Waals surface area contributed by atoms with E-state index in [1.165, 1.54) is 31.4 Å². The average molecular weight is 659 g/mol. The number of H-pyrrole nitrogens is 1. The number of aromatic nitrogens is 5. The highest BCUT2D eigenvalue weighted by Gasteiger charge is 2.23. The van der Waals surface area contributed by atoms with Crippen LogP contribution in [0.15, 0.2) is 67.3 Å². The zero-order valence-electron chi connectivity index (χ0n) is 27.3. The average Bonchev–Trinajstić information content (AvgIpc) is 3.81. The van der Waals surface area contributed by atoms with E-state index in [0.717, 1.165) is 90.2 Å². The molecule has 1 saturated heterocycles. The quantitative estimate of drug-likeness (QED) is 0.152. The number of amides is 1. The van der Waals surface area contributed by atoms with Crippen LogP contribution in [0.3, 0.4) is 0 Å². The first kappa shape index (κ1) is 31.1. The molecule has 49 heavy (non-hydrogen) atoms. The fourth-order valence-corrected chi connectivity index (χ4v) is 7.23. The minimum Gasteiger partial charge on any atom is -0.492 e. The van der Waals surface area contributed by atoms with E-state index >= 15 is 0 Å². The first-order valence-electron chi connectivity index (χ1n) is 17.3. The molecule has 0 bridgehead atoms. The Kier molecular flexibility index (Phi) is 8.74. The van der Waals surface area contributed by atoms with Gasteiger partial charge in [0.1, 0.15) is 29.4 Å². The number of nitrogens with one attached hydrogen (secondary N) is 3. The van der Waals surface area contributed by atoms with E-state index < -0.39 is 0 Å². The Balaban J connectivity index is 1.01. The molecule has 2 aliphatic heterocycles. The van der Waals surface area contributed by atoms with Gasteiger partial charge in [-0.05, 0) is 86.7 Å². The van der Waals surface area contributed by atoms with Crippen LogP contribution in [-0.2, 0) is 11.2 Å². The zero-order valence-corrected chi connectivity index (χ0v) is 27.3. The molecule has 0 spiro atoms. The second kappa shape index (κ2) is 13.8. The lowest BCUT2D eigenvalue weighted by Gasteiger charge is -2.21. The number of benzene rings is 1. The van der Waals surface area contributed by atoms with Crippen LogP contribution in [0.1, 0.15) is 56.2 Å². The molecule has 0 radical (unpaired) electrons. The van der Waals surface area contributed by atoms with E-state index in [1.807, 2.05) is 24.3 Å². The van der Waals surface area contributed by atoms with Gasteiger partial charge in [-0.3, -0.25) is 24.8 Å². The number of fused-ring (bicyclic) bond motifs is 2. The van der Waals surface area contributed by atoms with Gasteiger partial charge >= 0.3 is 0 Å². The Morgan fingerprint density at radius 3 is 2.69 bits per heavy atom. The number of allylic oxidation sites excluding steroid dienone is 1. The number of halogens is 1. The lowest BCUT2D eigenvalue weighted by molar-refractivity contribution is -0.120. The van der Waals surface area contributed by atoms with Crippen LogP contribution in [0, 0.1) is 11.7 Å². The fraction of sp³-hybridized carbons (Fsp3) is 0.342. The summed E-state index contributed by atoms with van der Waals surface area (Å²) in [5, 5.41) is 14.3. The second-order valence-electron chi connectivity index (χ2n) is 13.2. The predicted molar refractivity (Wildman–Crippen MR) is 188 cm³/mol. The standard InChI is InChI=1S/C38H39FN8O2/c39-27-16-25(18-29(19-27)49-15-14-47-12-4-5-13-47)31-22-41-23-35-30(31)8-9-33(43-35)37-36-34(45-46-37)11-10-32(44-36)26-17-28(21-40-20-26)42-38(48)24-6-2-1-3-7-24/h9-11,16-24,43H,1-8,12-15H2,(H,42,48)(H,45,46). The minimum absolute atomic E-state index is 0.0582. The van der Waals surface area contributed by atoms with Crippen molar-refractivity contribution in [2.45, 2.75) is 51.4 Å². The molecule has 1 aromatic carbocycles. The van der Waals surface area contributed by atoms with Crippen molar-refractivity contribution in [3.05, 3.63) is 84.3 Å². The normalized spacial score (nSPS) is 16.6. The molecule has 3 aliphatic rings. The largest absolute Gasteiger partial charge is 0.492 e. The smallest absolute Gasteiger partial charge is 0.227 e. The first-order valence-corrected chi connectivity index (χ1v) is 17.3. The Labute approximate surface area is 284 Å². The molecule has 1 aliphatic carbocycles. The maximum absolute atomic E-state index is 14.8. The van der Waals surface area contributed by atoms with E-state index in [9.17, 15) is 9.18 Å². The van der Waals surface area contributed by atoms with Gasteiger partial charge in [0.2, 0.25) is 5.91 Å². The summed E-state index contributed by atoms with van der Waals surface area (Å²) in [6.07, 6.45) is 17.4. The van der Waals surface area contributed by atoms with Gasteiger partial charge in [-0.15, -0.1) is 0 Å². The van der Waals surface area contributed by atoms with E-state index in [1.54, 1.807) is 24.8 Å². The van der Waals surface area contributed by atoms with Gasteiger partial charge in [-0.2, -0.15) is 5.10 Å².